The number of aliphatic hydroxyl groups is 1. The summed E-state index contributed by atoms with van der Waals surface area (Å²) in [5.41, 5.74) is 7.38. The molecular weight excluding hydrogens is 268 g/mol. The molecule has 104 valence electrons. The molecule has 2 aromatic rings. The second-order valence-corrected chi connectivity index (χ2v) is 4.63. The fourth-order valence-electron chi connectivity index (χ4n) is 2.42. The standard InChI is InChI=1S/C16H12N2O3/c17-15(20)14(19)13-9-5-1-2-6-10(9)16(21)18-12-8-4-3-7-11(12)13/h1-8,19H,(H2,17,20)(H,18,21). The first kappa shape index (κ1) is 12.9. The number of hydrogen-bond acceptors (Lipinski definition) is 3. The van der Waals surface area contributed by atoms with Gasteiger partial charge in [-0.1, -0.05) is 36.4 Å². The van der Waals surface area contributed by atoms with Gasteiger partial charge in [-0.2, -0.15) is 0 Å². The molecule has 2 aromatic carbocycles. The summed E-state index contributed by atoms with van der Waals surface area (Å²) in [6.07, 6.45) is 0. The van der Waals surface area contributed by atoms with Crippen LogP contribution in [0.4, 0.5) is 5.69 Å². The summed E-state index contributed by atoms with van der Waals surface area (Å²) in [6.45, 7) is 0. The average molecular weight is 280 g/mol. The Morgan fingerprint density at radius 3 is 2.19 bits per heavy atom. The number of benzene rings is 2. The number of aliphatic hydroxyl groups excluding tert-OH is 1. The molecule has 0 saturated heterocycles. The van der Waals surface area contributed by atoms with Gasteiger partial charge in [0.2, 0.25) is 0 Å². The number of carbonyl (C=O) groups is 2. The number of para-hydroxylation sites is 1. The lowest BCUT2D eigenvalue weighted by Gasteiger charge is -2.11. The van der Waals surface area contributed by atoms with Gasteiger partial charge in [0.15, 0.2) is 5.76 Å². The summed E-state index contributed by atoms with van der Waals surface area (Å²) in [6, 6.07) is 13.7. The van der Waals surface area contributed by atoms with E-state index in [0.717, 1.165) is 0 Å². The smallest absolute Gasteiger partial charge is 0.284 e. The Balaban J connectivity index is 2.43. The molecule has 0 aliphatic carbocycles. The van der Waals surface area contributed by atoms with E-state index in [1.807, 2.05) is 0 Å². The highest BCUT2D eigenvalue weighted by Crippen LogP contribution is 2.36. The molecule has 1 aliphatic rings. The van der Waals surface area contributed by atoms with Crippen LogP contribution in [0.5, 0.6) is 0 Å². The van der Waals surface area contributed by atoms with Crippen LogP contribution in [0.15, 0.2) is 54.3 Å². The van der Waals surface area contributed by atoms with Crippen LogP contribution in [-0.4, -0.2) is 16.9 Å². The van der Waals surface area contributed by atoms with E-state index in [1.165, 1.54) is 0 Å². The van der Waals surface area contributed by atoms with Gasteiger partial charge in [-0.15, -0.1) is 0 Å². The van der Waals surface area contributed by atoms with Gasteiger partial charge in [0.1, 0.15) is 0 Å². The van der Waals surface area contributed by atoms with Crippen molar-refractivity contribution < 1.29 is 14.7 Å². The largest absolute Gasteiger partial charge is 0.503 e. The minimum Gasteiger partial charge on any atom is -0.503 e. The number of nitrogens with one attached hydrogen (secondary N) is 1. The van der Waals surface area contributed by atoms with Crippen LogP contribution in [-0.2, 0) is 4.79 Å². The minimum absolute atomic E-state index is 0.257. The number of rotatable bonds is 1. The van der Waals surface area contributed by atoms with E-state index in [4.69, 9.17) is 5.73 Å². The van der Waals surface area contributed by atoms with Crippen LogP contribution < -0.4 is 11.1 Å². The zero-order chi connectivity index (χ0) is 15.0. The molecule has 5 heteroatoms. The monoisotopic (exact) mass is 280 g/mol. The Labute approximate surface area is 120 Å². The first-order valence-electron chi connectivity index (χ1n) is 6.33. The lowest BCUT2D eigenvalue weighted by atomic mass is 9.93. The van der Waals surface area contributed by atoms with E-state index < -0.39 is 11.7 Å². The number of carbonyl (C=O) groups excluding carboxylic acids is 2. The SMILES string of the molecule is NC(=O)C(O)=C1c2ccccc2NC(=O)c2ccccc21. The fraction of sp³-hybridized carbons (Fsp3) is 0. The summed E-state index contributed by atoms with van der Waals surface area (Å²) in [5.74, 6) is -1.80. The lowest BCUT2D eigenvalue weighted by Crippen LogP contribution is -2.16. The number of fused-ring (bicyclic) bond motifs is 2. The lowest BCUT2D eigenvalue weighted by molar-refractivity contribution is -0.116. The summed E-state index contributed by atoms with van der Waals surface area (Å²) >= 11 is 0. The van der Waals surface area contributed by atoms with E-state index in [9.17, 15) is 14.7 Å². The molecule has 21 heavy (non-hydrogen) atoms. The highest BCUT2D eigenvalue weighted by Gasteiger charge is 2.26. The van der Waals surface area contributed by atoms with Crippen LogP contribution in [0.1, 0.15) is 21.5 Å². The van der Waals surface area contributed by atoms with Gasteiger partial charge in [-0.25, -0.2) is 0 Å². The third-order valence-corrected chi connectivity index (χ3v) is 3.36. The van der Waals surface area contributed by atoms with Crippen LogP contribution in [0, 0.1) is 0 Å². The molecule has 0 unspecified atom stereocenters. The summed E-state index contributed by atoms with van der Waals surface area (Å²) in [5, 5.41) is 12.9. The van der Waals surface area contributed by atoms with Gasteiger partial charge in [0.25, 0.3) is 11.8 Å². The molecule has 0 fully saturated rings. The third-order valence-electron chi connectivity index (χ3n) is 3.36. The predicted octanol–water partition coefficient (Wildman–Crippen LogP) is 2.05. The maximum atomic E-state index is 12.3. The Bertz CT molecular complexity index is 794. The highest BCUT2D eigenvalue weighted by molar-refractivity contribution is 6.15. The van der Waals surface area contributed by atoms with Crippen molar-refractivity contribution in [1.29, 1.82) is 0 Å². The number of primary amides is 1. The predicted molar refractivity (Wildman–Crippen MR) is 78.7 cm³/mol. The van der Waals surface area contributed by atoms with Gasteiger partial charge in [0.05, 0.1) is 0 Å². The molecule has 5 nitrogen and oxygen atoms in total. The molecule has 2 amide bonds. The first-order valence-corrected chi connectivity index (χ1v) is 6.33. The van der Waals surface area contributed by atoms with E-state index in [-0.39, 0.29) is 11.5 Å². The third kappa shape index (κ3) is 2.04. The van der Waals surface area contributed by atoms with Crippen LogP contribution in [0.25, 0.3) is 5.57 Å². The highest BCUT2D eigenvalue weighted by atomic mass is 16.3. The van der Waals surface area contributed by atoms with Gasteiger partial charge in [-0.05, 0) is 17.7 Å². The molecule has 0 saturated carbocycles. The normalized spacial score (nSPS) is 15.3. The quantitative estimate of drug-likeness (QED) is 0.551. The molecule has 0 spiro atoms. The molecule has 0 radical (unpaired) electrons. The maximum Gasteiger partial charge on any atom is 0.284 e. The Kier molecular flexibility index (Phi) is 2.95. The van der Waals surface area contributed by atoms with Gasteiger partial charge in [0, 0.05) is 22.4 Å². The number of amides is 2. The molecule has 0 aromatic heterocycles. The average Bonchev–Trinajstić information content (AvgIpc) is 2.61. The first-order chi connectivity index (χ1) is 10.1. The van der Waals surface area contributed by atoms with Crippen LogP contribution in [0.2, 0.25) is 0 Å². The molecule has 1 heterocycles. The number of hydrogen-bond donors (Lipinski definition) is 3. The van der Waals surface area contributed by atoms with Crippen molar-refractivity contribution in [1.82, 2.24) is 0 Å². The Morgan fingerprint density at radius 1 is 0.952 bits per heavy atom. The van der Waals surface area contributed by atoms with Gasteiger partial charge >= 0.3 is 0 Å². The number of anilines is 1. The summed E-state index contributed by atoms with van der Waals surface area (Å²) in [4.78, 5) is 23.7. The zero-order valence-corrected chi connectivity index (χ0v) is 11.0. The Hall–Kier alpha value is -3.08. The fourth-order valence-corrected chi connectivity index (χ4v) is 2.42. The van der Waals surface area contributed by atoms with E-state index in [1.54, 1.807) is 48.5 Å². The molecule has 0 atom stereocenters. The number of nitrogens with two attached hydrogens (primary N) is 1. The van der Waals surface area contributed by atoms with Gasteiger partial charge < -0.3 is 16.2 Å². The van der Waals surface area contributed by atoms with E-state index >= 15 is 0 Å². The summed E-state index contributed by atoms with van der Waals surface area (Å²) < 4.78 is 0. The van der Waals surface area contributed by atoms with Crippen molar-refractivity contribution >= 4 is 23.1 Å². The zero-order valence-electron chi connectivity index (χ0n) is 11.0. The second kappa shape index (κ2) is 4.79. The van der Waals surface area contributed by atoms with Gasteiger partial charge in [-0.3, -0.25) is 9.59 Å². The Morgan fingerprint density at radius 2 is 1.52 bits per heavy atom. The van der Waals surface area contributed by atoms with Crippen molar-refractivity contribution in [3.63, 3.8) is 0 Å². The maximum absolute atomic E-state index is 12.3. The van der Waals surface area contributed by atoms with Crippen LogP contribution >= 0.6 is 0 Å². The van der Waals surface area contributed by atoms with Crippen molar-refractivity contribution in [2.24, 2.45) is 5.73 Å². The summed E-state index contributed by atoms with van der Waals surface area (Å²) in [7, 11) is 0. The second-order valence-electron chi connectivity index (χ2n) is 4.63. The molecule has 4 N–H and O–H groups in total. The molecule has 1 aliphatic heterocycles. The molecule has 0 bridgehead atoms. The topological polar surface area (TPSA) is 92.4 Å². The molecule has 3 rings (SSSR count). The van der Waals surface area contributed by atoms with Crippen molar-refractivity contribution in [3.05, 3.63) is 71.0 Å². The van der Waals surface area contributed by atoms with Crippen LogP contribution in [0.3, 0.4) is 0 Å². The molecular formula is C16H12N2O3. The minimum atomic E-state index is -0.941. The van der Waals surface area contributed by atoms with E-state index in [2.05, 4.69) is 5.32 Å². The van der Waals surface area contributed by atoms with E-state index in [0.29, 0.717) is 22.4 Å². The van der Waals surface area contributed by atoms with Crippen molar-refractivity contribution in [3.8, 4) is 0 Å². The van der Waals surface area contributed by atoms with Crippen molar-refractivity contribution in [2.45, 2.75) is 0 Å². The van der Waals surface area contributed by atoms with Crippen molar-refractivity contribution in [2.75, 3.05) is 5.32 Å².